The Hall–Kier alpha value is -1.41. The van der Waals surface area contributed by atoms with E-state index in [0.29, 0.717) is 27.6 Å². The van der Waals surface area contributed by atoms with Gasteiger partial charge in [0.25, 0.3) is 0 Å². The van der Waals surface area contributed by atoms with Gasteiger partial charge in [-0.1, -0.05) is 23.2 Å². The molecule has 6 nitrogen and oxygen atoms in total. The minimum Gasteiger partial charge on any atom is -0.870 e. The zero-order valence-electron chi connectivity index (χ0n) is 13.6. The van der Waals surface area contributed by atoms with Crippen molar-refractivity contribution in [1.29, 1.82) is 0 Å². The monoisotopic (exact) mass is 386 g/mol. The summed E-state index contributed by atoms with van der Waals surface area (Å²) in [7, 11) is 1.59. The van der Waals surface area contributed by atoms with E-state index >= 15 is 0 Å². The van der Waals surface area contributed by atoms with E-state index < -0.39 is 0 Å². The predicted octanol–water partition coefficient (Wildman–Crippen LogP) is 1.42. The molecule has 0 aliphatic carbocycles. The van der Waals surface area contributed by atoms with Crippen LogP contribution in [0, 0.1) is 0 Å². The number of hydrogen-bond acceptors (Lipinski definition) is 6. The molecule has 2 heterocycles. The average Bonchev–Trinajstić information content (AvgIpc) is 2.55. The van der Waals surface area contributed by atoms with Crippen molar-refractivity contribution in [2.75, 3.05) is 12.4 Å². The fourth-order valence-electron chi connectivity index (χ4n) is 2.04. The fourth-order valence-corrected chi connectivity index (χ4v) is 2.39. The summed E-state index contributed by atoms with van der Waals surface area (Å²) >= 11 is 11.9. The molecule has 0 fully saturated rings. The molecule has 0 saturated carbocycles. The number of methoxy groups -OCH3 is 1. The molecule has 0 bridgehead atoms. The molecule has 3 aromatic rings. The SMILES string of the molecule is COc1ccc(Cl)cc1Nc1nccc(-c2ccnc(Cl)c2)n1.[Na+].[OH-]. The minimum atomic E-state index is 0. The van der Waals surface area contributed by atoms with Crippen LogP contribution in [0.3, 0.4) is 0 Å². The van der Waals surface area contributed by atoms with E-state index in [-0.39, 0.29) is 35.0 Å². The number of nitrogens with zero attached hydrogens (tertiary/aromatic N) is 3. The molecule has 0 spiro atoms. The second kappa shape index (κ2) is 9.91. The number of rotatable bonds is 4. The van der Waals surface area contributed by atoms with E-state index in [1.807, 2.05) is 6.07 Å². The van der Waals surface area contributed by atoms with Gasteiger partial charge in [0.05, 0.1) is 18.5 Å². The van der Waals surface area contributed by atoms with Gasteiger partial charge in [0.15, 0.2) is 0 Å². The summed E-state index contributed by atoms with van der Waals surface area (Å²) in [5, 5.41) is 4.11. The van der Waals surface area contributed by atoms with Gasteiger partial charge in [0, 0.05) is 23.0 Å². The Balaban J connectivity index is 0.00000156. The molecule has 0 amide bonds. The van der Waals surface area contributed by atoms with Crippen LogP contribution in [0.4, 0.5) is 11.6 Å². The molecule has 1 aromatic carbocycles. The Morgan fingerprint density at radius 1 is 1.00 bits per heavy atom. The van der Waals surface area contributed by atoms with Crippen LogP contribution in [-0.4, -0.2) is 27.5 Å². The largest absolute Gasteiger partial charge is 1.00 e. The van der Waals surface area contributed by atoms with Crippen LogP contribution in [0.1, 0.15) is 0 Å². The number of aromatic nitrogens is 3. The molecule has 0 atom stereocenters. The molecule has 0 saturated heterocycles. The topological polar surface area (TPSA) is 89.9 Å². The molecule has 124 valence electrons. The smallest absolute Gasteiger partial charge is 0.870 e. The van der Waals surface area contributed by atoms with Gasteiger partial charge in [0.2, 0.25) is 5.95 Å². The van der Waals surface area contributed by atoms with Crippen LogP contribution in [0.25, 0.3) is 11.3 Å². The zero-order chi connectivity index (χ0) is 16.2. The molecular weight excluding hydrogens is 374 g/mol. The molecule has 3 rings (SSSR count). The van der Waals surface area contributed by atoms with Gasteiger partial charge in [-0.2, -0.15) is 0 Å². The molecule has 0 unspecified atom stereocenters. The van der Waals surface area contributed by atoms with Crippen LogP contribution in [-0.2, 0) is 0 Å². The van der Waals surface area contributed by atoms with Gasteiger partial charge in [-0.15, -0.1) is 0 Å². The first kappa shape index (κ1) is 21.6. The van der Waals surface area contributed by atoms with Crippen molar-refractivity contribution in [3.63, 3.8) is 0 Å². The van der Waals surface area contributed by atoms with Gasteiger partial charge in [-0.3, -0.25) is 0 Å². The number of hydrogen-bond donors (Lipinski definition) is 1. The Labute approximate surface area is 177 Å². The Bertz CT molecular complexity index is 852. The number of benzene rings is 1. The molecule has 2 aromatic heterocycles. The average molecular weight is 387 g/mol. The Morgan fingerprint density at radius 2 is 1.76 bits per heavy atom. The molecule has 9 heteroatoms. The summed E-state index contributed by atoms with van der Waals surface area (Å²) in [6, 6.07) is 10.6. The van der Waals surface area contributed by atoms with Crippen molar-refractivity contribution < 1.29 is 39.8 Å². The fraction of sp³-hybridized carbons (Fsp3) is 0.0625. The summed E-state index contributed by atoms with van der Waals surface area (Å²) in [6.07, 6.45) is 3.29. The normalized spacial score (nSPS) is 9.56. The third-order valence-electron chi connectivity index (χ3n) is 3.09. The van der Waals surface area contributed by atoms with Crippen molar-refractivity contribution in [2.45, 2.75) is 0 Å². The van der Waals surface area contributed by atoms with E-state index in [0.717, 1.165) is 11.3 Å². The number of ether oxygens (including phenoxy) is 1. The van der Waals surface area contributed by atoms with Gasteiger partial charge >= 0.3 is 29.6 Å². The van der Waals surface area contributed by atoms with E-state index in [1.165, 1.54) is 0 Å². The van der Waals surface area contributed by atoms with Crippen LogP contribution in [0.15, 0.2) is 48.8 Å². The standard InChI is InChI=1S/C16H12Cl2N4O.Na.H2O/c1-23-14-3-2-11(17)9-13(14)22-16-20-7-5-12(21-16)10-4-6-19-15(18)8-10;;/h2-9H,1H3,(H,20,21,22);;1H2/q;+1;/p-1. The third-order valence-corrected chi connectivity index (χ3v) is 3.53. The van der Waals surface area contributed by atoms with Crippen molar-refractivity contribution in [3.05, 3.63) is 59.0 Å². The predicted molar refractivity (Wildman–Crippen MR) is 93.5 cm³/mol. The zero-order valence-corrected chi connectivity index (χ0v) is 17.1. The molecule has 25 heavy (non-hydrogen) atoms. The third kappa shape index (κ3) is 5.54. The van der Waals surface area contributed by atoms with Crippen molar-refractivity contribution >= 4 is 34.8 Å². The summed E-state index contributed by atoms with van der Waals surface area (Å²) < 4.78 is 5.30. The maximum absolute atomic E-state index is 6.03. The molecule has 0 aliphatic heterocycles. The van der Waals surface area contributed by atoms with Crippen molar-refractivity contribution in [2.24, 2.45) is 0 Å². The number of anilines is 2. The number of pyridine rings is 1. The first-order valence-corrected chi connectivity index (χ1v) is 7.47. The molecular formula is C16H13Cl2N4NaO2. The van der Waals surface area contributed by atoms with Crippen molar-refractivity contribution in [3.8, 4) is 17.0 Å². The molecule has 0 radical (unpaired) electrons. The maximum Gasteiger partial charge on any atom is 1.00 e. The van der Waals surface area contributed by atoms with Crippen molar-refractivity contribution in [1.82, 2.24) is 15.0 Å². The van der Waals surface area contributed by atoms with Crippen LogP contribution in [0.5, 0.6) is 5.75 Å². The Morgan fingerprint density at radius 3 is 2.48 bits per heavy atom. The summed E-state index contributed by atoms with van der Waals surface area (Å²) in [5.74, 6) is 1.08. The van der Waals surface area contributed by atoms with Gasteiger partial charge in [0.1, 0.15) is 10.9 Å². The van der Waals surface area contributed by atoms with Gasteiger partial charge in [-0.25, -0.2) is 15.0 Å². The summed E-state index contributed by atoms with van der Waals surface area (Å²) in [6.45, 7) is 0. The molecule has 2 N–H and O–H groups in total. The van der Waals surface area contributed by atoms with E-state index in [2.05, 4.69) is 20.3 Å². The summed E-state index contributed by atoms with van der Waals surface area (Å²) in [5.41, 5.74) is 2.27. The second-order valence-corrected chi connectivity index (χ2v) is 5.43. The Kier molecular flexibility index (Phi) is 8.58. The molecule has 0 aliphatic rings. The number of halogens is 2. The van der Waals surface area contributed by atoms with Crippen LogP contribution < -0.4 is 39.6 Å². The van der Waals surface area contributed by atoms with E-state index in [1.54, 1.807) is 49.8 Å². The van der Waals surface area contributed by atoms with Crippen LogP contribution in [0.2, 0.25) is 10.2 Å². The van der Waals surface area contributed by atoms with E-state index in [9.17, 15) is 0 Å². The number of nitrogens with one attached hydrogen (secondary N) is 1. The first-order chi connectivity index (χ1) is 11.2. The van der Waals surface area contributed by atoms with Gasteiger partial charge < -0.3 is 15.5 Å². The van der Waals surface area contributed by atoms with Gasteiger partial charge in [-0.05, 0) is 36.4 Å². The van der Waals surface area contributed by atoms with Crippen LogP contribution >= 0.6 is 23.2 Å². The second-order valence-electron chi connectivity index (χ2n) is 4.60. The maximum atomic E-state index is 6.03. The van der Waals surface area contributed by atoms with E-state index in [4.69, 9.17) is 27.9 Å². The summed E-state index contributed by atoms with van der Waals surface area (Å²) in [4.78, 5) is 12.7. The minimum absolute atomic E-state index is 0. The first-order valence-electron chi connectivity index (χ1n) is 6.71. The quantitative estimate of drug-likeness (QED) is 0.538.